The third-order valence-electron chi connectivity index (χ3n) is 4.84. The van der Waals surface area contributed by atoms with Crippen LogP contribution in [0.1, 0.15) is 37.5 Å². The zero-order chi connectivity index (χ0) is 21.4. The third-order valence-corrected chi connectivity index (χ3v) is 4.84. The Bertz CT molecular complexity index is 798. The number of ether oxygens (including phenoxy) is 1. The van der Waals surface area contributed by atoms with Crippen LogP contribution in [0.5, 0.6) is 5.75 Å². The van der Waals surface area contributed by atoms with Crippen molar-refractivity contribution in [3.63, 3.8) is 0 Å². The van der Waals surface area contributed by atoms with E-state index in [-0.39, 0.29) is 18.2 Å². The van der Waals surface area contributed by atoms with Gasteiger partial charge in [0.1, 0.15) is 11.8 Å². The molecular weight excluding hydrogens is 364 g/mol. The molecule has 0 heterocycles. The second-order valence-corrected chi connectivity index (χ2v) is 7.85. The molecule has 156 valence electrons. The molecule has 0 aliphatic rings. The molecule has 2 amide bonds. The Hall–Kier alpha value is -2.82. The summed E-state index contributed by atoms with van der Waals surface area (Å²) in [6, 6.07) is 14.9. The van der Waals surface area contributed by atoms with E-state index in [2.05, 4.69) is 5.32 Å². The Morgan fingerprint density at radius 3 is 2.10 bits per heavy atom. The number of amides is 2. The van der Waals surface area contributed by atoms with Crippen LogP contribution in [0.3, 0.4) is 0 Å². The quantitative estimate of drug-likeness (QED) is 0.703. The lowest BCUT2D eigenvalue weighted by Gasteiger charge is -2.29. The summed E-state index contributed by atoms with van der Waals surface area (Å²) in [6.45, 7) is 8.84. The molecule has 1 unspecified atom stereocenters. The fraction of sp³-hybridized carbons (Fsp3) is 0.417. The average molecular weight is 397 g/mol. The maximum atomic E-state index is 13.1. The zero-order valence-electron chi connectivity index (χ0n) is 18.1. The van der Waals surface area contributed by atoms with Crippen LogP contribution in [0.25, 0.3) is 0 Å². The molecule has 5 nitrogen and oxygen atoms in total. The first kappa shape index (κ1) is 22.5. The van der Waals surface area contributed by atoms with Crippen LogP contribution in [-0.4, -0.2) is 36.4 Å². The minimum absolute atomic E-state index is 0.0723. The van der Waals surface area contributed by atoms with Crippen molar-refractivity contribution >= 4 is 11.8 Å². The van der Waals surface area contributed by atoms with Crippen LogP contribution in [0.15, 0.2) is 48.5 Å². The maximum Gasteiger partial charge on any atom is 0.242 e. The van der Waals surface area contributed by atoms with Crippen LogP contribution in [0.2, 0.25) is 0 Å². The number of carbonyl (C=O) groups is 2. The second-order valence-electron chi connectivity index (χ2n) is 7.85. The predicted molar refractivity (Wildman–Crippen MR) is 116 cm³/mol. The molecule has 0 saturated carbocycles. The summed E-state index contributed by atoms with van der Waals surface area (Å²) in [4.78, 5) is 27.4. The van der Waals surface area contributed by atoms with Gasteiger partial charge in [-0.3, -0.25) is 9.59 Å². The van der Waals surface area contributed by atoms with E-state index in [9.17, 15) is 9.59 Å². The summed E-state index contributed by atoms with van der Waals surface area (Å²) < 4.78 is 5.21. The van der Waals surface area contributed by atoms with Crippen molar-refractivity contribution in [2.75, 3.05) is 13.7 Å². The van der Waals surface area contributed by atoms with Gasteiger partial charge in [0.15, 0.2) is 0 Å². The van der Waals surface area contributed by atoms with Crippen LogP contribution in [-0.2, 0) is 22.6 Å². The predicted octanol–water partition coefficient (Wildman–Crippen LogP) is 3.74. The van der Waals surface area contributed by atoms with Gasteiger partial charge in [-0.25, -0.2) is 0 Å². The highest BCUT2D eigenvalue weighted by Gasteiger charge is 2.26. The Morgan fingerprint density at radius 2 is 1.55 bits per heavy atom. The van der Waals surface area contributed by atoms with Crippen molar-refractivity contribution in [3.8, 4) is 5.75 Å². The van der Waals surface area contributed by atoms with Gasteiger partial charge in [-0.2, -0.15) is 0 Å². The Kier molecular flexibility index (Phi) is 8.25. The molecule has 0 saturated heterocycles. The van der Waals surface area contributed by atoms with E-state index in [1.54, 1.807) is 18.9 Å². The van der Waals surface area contributed by atoms with Gasteiger partial charge in [-0.15, -0.1) is 0 Å². The van der Waals surface area contributed by atoms with Gasteiger partial charge in [0, 0.05) is 13.1 Å². The standard InChI is InChI=1S/C24H32N2O3/c1-17(2)15-25-24(28)19(4)26(16-21-10-12-22(29-5)13-11-21)23(27)14-20-8-6-18(3)7-9-20/h6-13,17,19H,14-16H2,1-5H3,(H,25,28). The molecular formula is C24H32N2O3. The van der Waals surface area contributed by atoms with E-state index in [0.29, 0.717) is 19.0 Å². The molecule has 0 aliphatic heterocycles. The van der Waals surface area contributed by atoms with Gasteiger partial charge >= 0.3 is 0 Å². The average Bonchev–Trinajstić information content (AvgIpc) is 2.71. The summed E-state index contributed by atoms with van der Waals surface area (Å²) in [7, 11) is 1.62. The molecule has 0 bridgehead atoms. The molecule has 29 heavy (non-hydrogen) atoms. The van der Waals surface area contributed by atoms with Crippen molar-refractivity contribution in [3.05, 3.63) is 65.2 Å². The van der Waals surface area contributed by atoms with Crippen LogP contribution < -0.4 is 10.1 Å². The number of benzene rings is 2. The third kappa shape index (κ3) is 6.93. The summed E-state index contributed by atoms with van der Waals surface area (Å²) in [5.41, 5.74) is 3.04. The van der Waals surface area contributed by atoms with Crippen molar-refractivity contribution < 1.29 is 14.3 Å². The molecule has 0 radical (unpaired) electrons. The van der Waals surface area contributed by atoms with E-state index in [0.717, 1.165) is 22.4 Å². The fourth-order valence-electron chi connectivity index (χ4n) is 2.94. The lowest BCUT2D eigenvalue weighted by atomic mass is 10.1. The number of methoxy groups -OCH3 is 1. The number of hydrogen-bond acceptors (Lipinski definition) is 3. The number of hydrogen-bond donors (Lipinski definition) is 1. The molecule has 2 rings (SSSR count). The molecule has 2 aromatic carbocycles. The van der Waals surface area contributed by atoms with E-state index < -0.39 is 6.04 Å². The molecule has 1 N–H and O–H groups in total. The highest BCUT2D eigenvalue weighted by molar-refractivity contribution is 5.88. The van der Waals surface area contributed by atoms with Crippen molar-refractivity contribution in [2.45, 2.75) is 46.7 Å². The number of nitrogens with one attached hydrogen (secondary N) is 1. The number of rotatable bonds is 9. The first-order valence-electron chi connectivity index (χ1n) is 10.1. The van der Waals surface area contributed by atoms with Gasteiger partial charge < -0.3 is 15.0 Å². The normalized spacial score (nSPS) is 11.8. The highest BCUT2D eigenvalue weighted by Crippen LogP contribution is 2.16. The van der Waals surface area contributed by atoms with E-state index in [1.165, 1.54) is 0 Å². The lowest BCUT2D eigenvalue weighted by molar-refractivity contribution is -0.140. The zero-order valence-corrected chi connectivity index (χ0v) is 18.1. The van der Waals surface area contributed by atoms with Gasteiger partial charge in [-0.1, -0.05) is 55.8 Å². The molecule has 0 spiro atoms. The molecule has 2 aromatic rings. The van der Waals surface area contributed by atoms with Gasteiger partial charge in [-0.05, 0) is 43.0 Å². The SMILES string of the molecule is COc1ccc(CN(C(=O)Cc2ccc(C)cc2)C(C)C(=O)NCC(C)C)cc1. The van der Waals surface area contributed by atoms with Crippen molar-refractivity contribution in [1.82, 2.24) is 10.2 Å². The second kappa shape index (κ2) is 10.6. The Labute approximate surface area is 174 Å². The monoisotopic (exact) mass is 396 g/mol. The van der Waals surface area contributed by atoms with Gasteiger partial charge in [0.25, 0.3) is 0 Å². The Morgan fingerprint density at radius 1 is 0.966 bits per heavy atom. The fourth-order valence-corrected chi connectivity index (χ4v) is 2.94. The number of nitrogens with zero attached hydrogens (tertiary/aromatic N) is 1. The first-order valence-corrected chi connectivity index (χ1v) is 10.1. The summed E-state index contributed by atoms with van der Waals surface area (Å²) in [6.07, 6.45) is 0.262. The molecule has 0 aliphatic carbocycles. The van der Waals surface area contributed by atoms with Crippen LogP contribution in [0.4, 0.5) is 0 Å². The smallest absolute Gasteiger partial charge is 0.242 e. The number of aryl methyl sites for hydroxylation is 1. The van der Waals surface area contributed by atoms with E-state index in [4.69, 9.17) is 4.74 Å². The van der Waals surface area contributed by atoms with E-state index >= 15 is 0 Å². The van der Waals surface area contributed by atoms with Gasteiger partial charge in [0.05, 0.1) is 13.5 Å². The van der Waals surface area contributed by atoms with Crippen LogP contribution in [0, 0.1) is 12.8 Å². The minimum atomic E-state index is -0.561. The topological polar surface area (TPSA) is 58.6 Å². The molecule has 0 fully saturated rings. The van der Waals surface area contributed by atoms with E-state index in [1.807, 2.05) is 69.3 Å². The Balaban J connectivity index is 2.18. The first-order chi connectivity index (χ1) is 13.8. The molecule has 0 aromatic heterocycles. The summed E-state index contributed by atoms with van der Waals surface area (Å²) in [5.74, 6) is 0.903. The van der Waals surface area contributed by atoms with Gasteiger partial charge in [0.2, 0.25) is 11.8 Å². The summed E-state index contributed by atoms with van der Waals surface area (Å²) in [5, 5.41) is 2.94. The van der Waals surface area contributed by atoms with Crippen molar-refractivity contribution in [1.29, 1.82) is 0 Å². The summed E-state index contributed by atoms with van der Waals surface area (Å²) >= 11 is 0. The van der Waals surface area contributed by atoms with Crippen molar-refractivity contribution in [2.24, 2.45) is 5.92 Å². The lowest BCUT2D eigenvalue weighted by Crippen LogP contribution is -2.48. The maximum absolute atomic E-state index is 13.1. The number of carbonyl (C=O) groups excluding carboxylic acids is 2. The molecule has 1 atom stereocenters. The highest BCUT2D eigenvalue weighted by atomic mass is 16.5. The minimum Gasteiger partial charge on any atom is -0.497 e. The van der Waals surface area contributed by atoms with Crippen LogP contribution >= 0.6 is 0 Å². The largest absolute Gasteiger partial charge is 0.497 e. The molecule has 5 heteroatoms.